The monoisotopic (exact) mass is 376 g/mol. The Hall–Kier alpha value is -1.84. The number of benzene rings is 1. The number of unbranched alkanes of at least 4 members (excludes halogenated alkanes) is 9. The first-order valence-corrected chi connectivity index (χ1v) is 10.6. The molecule has 152 valence electrons. The summed E-state index contributed by atoms with van der Waals surface area (Å²) in [5, 5.41) is 0. The van der Waals surface area contributed by atoms with Crippen molar-refractivity contribution in [2.45, 2.75) is 90.4 Å². The van der Waals surface area contributed by atoms with E-state index in [0.717, 1.165) is 51.4 Å². The molecule has 1 rings (SSSR count). The summed E-state index contributed by atoms with van der Waals surface area (Å²) in [6.07, 6.45) is 12.8. The number of hydrogen-bond donors (Lipinski definition) is 0. The highest BCUT2D eigenvalue weighted by atomic mass is 16.5. The predicted octanol–water partition coefficient (Wildman–Crippen LogP) is 6.23. The number of ether oxygens (including phenoxy) is 2. The van der Waals surface area contributed by atoms with Gasteiger partial charge in [-0.3, -0.25) is 9.59 Å². The quantitative estimate of drug-likeness (QED) is 0.195. The molecule has 1 aromatic rings. The topological polar surface area (TPSA) is 52.6 Å². The molecule has 0 aromatic heterocycles. The van der Waals surface area contributed by atoms with Gasteiger partial charge in [0, 0.05) is 12.8 Å². The van der Waals surface area contributed by atoms with Gasteiger partial charge in [0.15, 0.2) is 0 Å². The second kappa shape index (κ2) is 16.3. The number of hydrogen-bond acceptors (Lipinski definition) is 4. The van der Waals surface area contributed by atoms with E-state index < -0.39 is 0 Å². The third-order valence-electron chi connectivity index (χ3n) is 4.50. The summed E-state index contributed by atoms with van der Waals surface area (Å²) in [6, 6.07) is 9.18. The minimum absolute atomic E-state index is 0.0610. The molecule has 1 aromatic carbocycles. The van der Waals surface area contributed by atoms with Crippen LogP contribution in [0.2, 0.25) is 0 Å². The second-order valence-electron chi connectivity index (χ2n) is 7.04. The smallest absolute Gasteiger partial charge is 0.311 e. The summed E-state index contributed by atoms with van der Waals surface area (Å²) < 4.78 is 10.5. The lowest BCUT2D eigenvalue weighted by Gasteiger charge is -2.05. The van der Waals surface area contributed by atoms with Gasteiger partial charge in [0.05, 0.1) is 6.61 Å². The van der Waals surface area contributed by atoms with Crippen LogP contribution in [0.3, 0.4) is 0 Å². The van der Waals surface area contributed by atoms with Gasteiger partial charge < -0.3 is 9.47 Å². The van der Waals surface area contributed by atoms with Crippen molar-refractivity contribution in [2.75, 3.05) is 6.61 Å². The SMILES string of the molecule is CCCCCCCOC(=O)CCCCCCCCC(=O)Oc1ccccc1. The third-order valence-corrected chi connectivity index (χ3v) is 4.50. The highest BCUT2D eigenvalue weighted by Crippen LogP contribution is 2.12. The average Bonchev–Trinajstić information content (AvgIpc) is 2.67. The fourth-order valence-corrected chi connectivity index (χ4v) is 2.88. The van der Waals surface area contributed by atoms with Gasteiger partial charge in [-0.15, -0.1) is 0 Å². The minimum atomic E-state index is -0.168. The normalized spacial score (nSPS) is 10.6. The molecule has 0 saturated heterocycles. The summed E-state index contributed by atoms with van der Waals surface area (Å²) in [5.74, 6) is 0.378. The second-order valence-corrected chi connectivity index (χ2v) is 7.04. The molecule has 0 atom stereocenters. The molecule has 0 amide bonds. The van der Waals surface area contributed by atoms with Gasteiger partial charge in [0.25, 0.3) is 0 Å². The van der Waals surface area contributed by atoms with Crippen LogP contribution in [0.4, 0.5) is 0 Å². The van der Waals surface area contributed by atoms with Gasteiger partial charge in [-0.1, -0.05) is 76.5 Å². The van der Waals surface area contributed by atoms with Gasteiger partial charge in [-0.25, -0.2) is 0 Å². The van der Waals surface area contributed by atoms with E-state index >= 15 is 0 Å². The molecule has 0 N–H and O–H groups in total. The lowest BCUT2D eigenvalue weighted by atomic mass is 10.1. The summed E-state index contributed by atoms with van der Waals surface area (Å²) in [5.41, 5.74) is 0. The van der Waals surface area contributed by atoms with Gasteiger partial charge in [0.2, 0.25) is 0 Å². The lowest BCUT2D eigenvalue weighted by molar-refractivity contribution is -0.144. The van der Waals surface area contributed by atoms with E-state index in [1.807, 2.05) is 18.2 Å². The van der Waals surface area contributed by atoms with Gasteiger partial charge in [0.1, 0.15) is 5.75 Å². The highest BCUT2D eigenvalue weighted by Gasteiger charge is 2.05. The summed E-state index contributed by atoms with van der Waals surface area (Å²) in [6.45, 7) is 2.77. The van der Waals surface area contributed by atoms with Crippen molar-refractivity contribution in [1.82, 2.24) is 0 Å². The lowest BCUT2D eigenvalue weighted by Crippen LogP contribution is -2.07. The summed E-state index contributed by atoms with van der Waals surface area (Å²) in [4.78, 5) is 23.3. The molecule has 0 fully saturated rings. The molecule has 0 heterocycles. The molecule has 0 aliphatic heterocycles. The minimum Gasteiger partial charge on any atom is -0.466 e. The standard InChI is InChI=1S/C23H36O4/c1-2-3-4-9-15-20-26-22(24)18-13-7-5-6-8-14-19-23(25)27-21-16-11-10-12-17-21/h10-12,16-17H,2-9,13-15,18-20H2,1H3. The van der Waals surface area contributed by atoms with Crippen molar-refractivity contribution >= 4 is 11.9 Å². The van der Waals surface area contributed by atoms with Crippen molar-refractivity contribution in [1.29, 1.82) is 0 Å². The van der Waals surface area contributed by atoms with Gasteiger partial charge >= 0.3 is 11.9 Å². The Morgan fingerprint density at radius 1 is 0.704 bits per heavy atom. The highest BCUT2D eigenvalue weighted by molar-refractivity contribution is 5.72. The van der Waals surface area contributed by atoms with Crippen LogP contribution in [0.15, 0.2) is 30.3 Å². The Kier molecular flexibility index (Phi) is 14.0. The van der Waals surface area contributed by atoms with E-state index in [0.29, 0.717) is 25.2 Å². The maximum atomic E-state index is 11.7. The molecule has 4 heteroatoms. The molecule has 0 spiro atoms. The average molecular weight is 377 g/mol. The van der Waals surface area contributed by atoms with Crippen LogP contribution in [-0.2, 0) is 14.3 Å². The number of para-hydroxylation sites is 1. The molecule has 0 bridgehead atoms. The fraction of sp³-hybridized carbons (Fsp3) is 0.652. The van der Waals surface area contributed by atoms with Crippen LogP contribution in [0, 0.1) is 0 Å². The van der Waals surface area contributed by atoms with Crippen molar-refractivity contribution in [3.05, 3.63) is 30.3 Å². The third kappa shape index (κ3) is 14.0. The van der Waals surface area contributed by atoms with Crippen LogP contribution in [0.5, 0.6) is 5.75 Å². The van der Waals surface area contributed by atoms with Crippen LogP contribution in [0.1, 0.15) is 90.4 Å². The molecule has 0 unspecified atom stereocenters. The molecule has 27 heavy (non-hydrogen) atoms. The molecular formula is C23H36O4. The largest absolute Gasteiger partial charge is 0.466 e. The number of carbonyl (C=O) groups is 2. The maximum absolute atomic E-state index is 11.7. The molecular weight excluding hydrogens is 340 g/mol. The van der Waals surface area contributed by atoms with Crippen molar-refractivity contribution in [3.8, 4) is 5.75 Å². The first-order valence-electron chi connectivity index (χ1n) is 10.6. The van der Waals surface area contributed by atoms with Crippen molar-refractivity contribution in [3.63, 3.8) is 0 Å². The zero-order valence-corrected chi connectivity index (χ0v) is 16.9. The van der Waals surface area contributed by atoms with Crippen molar-refractivity contribution in [2.24, 2.45) is 0 Å². The van der Waals surface area contributed by atoms with Crippen LogP contribution < -0.4 is 4.74 Å². The zero-order chi connectivity index (χ0) is 19.6. The Labute approximate surface area is 164 Å². The molecule has 0 aliphatic rings. The molecule has 0 aliphatic carbocycles. The molecule has 4 nitrogen and oxygen atoms in total. The first kappa shape index (κ1) is 23.2. The maximum Gasteiger partial charge on any atom is 0.311 e. The van der Waals surface area contributed by atoms with Crippen LogP contribution >= 0.6 is 0 Å². The first-order chi connectivity index (χ1) is 13.2. The van der Waals surface area contributed by atoms with Gasteiger partial charge in [-0.05, 0) is 31.4 Å². The number of carbonyl (C=O) groups excluding carboxylic acids is 2. The Morgan fingerprint density at radius 3 is 1.93 bits per heavy atom. The Bertz CT molecular complexity index is 498. The van der Waals surface area contributed by atoms with E-state index in [1.165, 1.54) is 19.3 Å². The zero-order valence-electron chi connectivity index (χ0n) is 16.9. The number of rotatable bonds is 16. The summed E-state index contributed by atoms with van der Waals surface area (Å²) >= 11 is 0. The predicted molar refractivity (Wildman–Crippen MR) is 109 cm³/mol. The van der Waals surface area contributed by atoms with Crippen LogP contribution in [-0.4, -0.2) is 18.5 Å². The Morgan fingerprint density at radius 2 is 1.26 bits per heavy atom. The van der Waals surface area contributed by atoms with E-state index in [-0.39, 0.29) is 11.9 Å². The van der Waals surface area contributed by atoms with E-state index in [4.69, 9.17) is 9.47 Å². The Balaban J connectivity index is 1.85. The van der Waals surface area contributed by atoms with Gasteiger partial charge in [-0.2, -0.15) is 0 Å². The summed E-state index contributed by atoms with van der Waals surface area (Å²) in [7, 11) is 0. The van der Waals surface area contributed by atoms with Crippen LogP contribution in [0.25, 0.3) is 0 Å². The molecule has 0 radical (unpaired) electrons. The number of esters is 2. The van der Waals surface area contributed by atoms with Crippen molar-refractivity contribution < 1.29 is 19.1 Å². The van der Waals surface area contributed by atoms with E-state index in [9.17, 15) is 9.59 Å². The van der Waals surface area contributed by atoms with E-state index in [2.05, 4.69) is 6.92 Å². The molecule has 0 saturated carbocycles. The fourth-order valence-electron chi connectivity index (χ4n) is 2.88. The van der Waals surface area contributed by atoms with E-state index in [1.54, 1.807) is 12.1 Å².